The van der Waals surface area contributed by atoms with Crippen molar-refractivity contribution in [2.75, 3.05) is 5.94 Å². The van der Waals surface area contributed by atoms with Crippen LogP contribution in [0.3, 0.4) is 0 Å². The molecule has 0 atom stereocenters. The monoisotopic (exact) mass is 251 g/mol. The summed E-state index contributed by atoms with van der Waals surface area (Å²) in [7, 11) is -7.79. The van der Waals surface area contributed by atoms with Gasteiger partial charge in [0.25, 0.3) is 0 Å². The van der Waals surface area contributed by atoms with Gasteiger partial charge < -0.3 is 5.11 Å². The third-order valence-electron chi connectivity index (χ3n) is 1.66. The Kier molecular flexibility index (Phi) is 3.14. The highest BCUT2D eigenvalue weighted by Gasteiger charge is 2.16. The van der Waals surface area contributed by atoms with Gasteiger partial charge in [-0.1, -0.05) is 6.07 Å². The minimum absolute atomic E-state index is 0.281. The SMILES string of the molecule is NS(=O)(=O)c1cccc(S(=O)(=O)CO)c1. The van der Waals surface area contributed by atoms with E-state index in [1.807, 2.05) is 0 Å². The molecule has 0 aliphatic rings. The van der Waals surface area contributed by atoms with Crippen LogP contribution in [0.15, 0.2) is 34.1 Å². The van der Waals surface area contributed by atoms with E-state index in [0.717, 1.165) is 6.07 Å². The Bertz CT molecular complexity index is 561. The first kappa shape index (κ1) is 12.1. The zero-order valence-corrected chi connectivity index (χ0v) is 9.12. The van der Waals surface area contributed by atoms with Gasteiger partial charge in [-0.2, -0.15) is 0 Å². The van der Waals surface area contributed by atoms with Gasteiger partial charge in [-0.05, 0) is 18.2 Å². The fourth-order valence-electron chi connectivity index (χ4n) is 0.919. The molecule has 84 valence electrons. The van der Waals surface area contributed by atoms with E-state index in [1.54, 1.807) is 0 Å². The first-order valence-corrected chi connectivity index (χ1v) is 6.94. The molecule has 0 aliphatic carbocycles. The lowest BCUT2D eigenvalue weighted by molar-refractivity contribution is 0.358. The van der Waals surface area contributed by atoms with Gasteiger partial charge in [-0.25, -0.2) is 22.0 Å². The van der Waals surface area contributed by atoms with Gasteiger partial charge in [0.1, 0.15) is 5.94 Å². The highest BCUT2D eigenvalue weighted by Crippen LogP contribution is 2.15. The summed E-state index contributed by atoms with van der Waals surface area (Å²) in [6, 6.07) is 4.50. The molecule has 0 spiro atoms. The third kappa shape index (κ3) is 2.75. The number of nitrogens with two attached hydrogens (primary N) is 1. The Morgan fingerprint density at radius 1 is 1.13 bits per heavy atom. The van der Waals surface area contributed by atoms with Crippen molar-refractivity contribution in [3.05, 3.63) is 24.3 Å². The number of primary sulfonamides is 1. The number of sulfonamides is 1. The first-order valence-electron chi connectivity index (χ1n) is 3.74. The molecule has 0 saturated heterocycles. The van der Waals surface area contributed by atoms with E-state index in [4.69, 9.17) is 10.2 Å². The minimum atomic E-state index is -3.94. The van der Waals surface area contributed by atoms with Crippen molar-refractivity contribution in [2.24, 2.45) is 5.14 Å². The second kappa shape index (κ2) is 3.89. The predicted molar refractivity (Wildman–Crippen MR) is 52.1 cm³/mol. The molecule has 1 rings (SSSR count). The lowest BCUT2D eigenvalue weighted by Gasteiger charge is -2.02. The summed E-state index contributed by atoms with van der Waals surface area (Å²) in [5.74, 6) is -1.08. The molecule has 15 heavy (non-hydrogen) atoms. The number of aliphatic hydroxyl groups excluding tert-OH is 1. The molecule has 0 bridgehead atoms. The van der Waals surface area contributed by atoms with E-state index in [2.05, 4.69) is 0 Å². The van der Waals surface area contributed by atoms with Crippen molar-refractivity contribution in [1.29, 1.82) is 0 Å². The Hall–Kier alpha value is -0.960. The van der Waals surface area contributed by atoms with E-state index in [9.17, 15) is 16.8 Å². The molecule has 6 nitrogen and oxygen atoms in total. The zero-order chi connectivity index (χ0) is 11.7. The lowest BCUT2D eigenvalue weighted by Crippen LogP contribution is -2.13. The number of sulfone groups is 1. The van der Waals surface area contributed by atoms with Gasteiger partial charge in [0.2, 0.25) is 19.9 Å². The Balaban J connectivity index is 3.39. The second-order valence-electron chi connectivity index (χ2n) is 2.76. The van der Waals surface area contributed by atoms with Crippen molar-refractivity contribution in [2.45, 2.75) is 9.79 Å². The van der Waals surface area contributed by atoms with Crippen LogP contribution in [0.4, 0.5) is 0 Å². The maximum atomic E-state index is 11.2. The Labute approximate surface area is 87.3 Å². The number of benzene rings is 1. The molecule has 1 aromatic carbocycles. The van der Waals surface area contributed by atoms with Crippen LogP contribution in [-0.2, 0) is 19.9 Å². The predicted octanol–water partition coefficient (Wildman–Crippen LogP) is -0.942. The van der Waals surface area contributed by atoms with Crippen molar-refractivity contribution in [3.63, 3.8) is 0 Å². The van der Waals surface area contributed by atoms with Crippen molar-refractivity contribution in [1.82, 2.24) is 0 Å². The van der Waals surface area contributed by atoms with E-state index in [0.29, 0.717) is 0 Å². The lowest BCUT2D eigenvalue weighted by atomic mass is 10.4. The maximum absolute atomic E-state index is 11.2. The van der Waals surface area contributed by atoms with Crippen molar-refractivity contribution < 1.29 is 21.9 Å². The van der Waals surface area contributed by atoms with Gasteiger partial charge in [-0.3, -0.25) is 0 Å². The number of rotatable bonds is 3. The molecule has 0 fully saturated rings. The smallest absolute Gasteiger partial charge is 0.238 e. The van der Waals surface area contributed by atoms with Gasteiger partial charge in [-0.15, -0.1) is 0 Å². The zero-order valence-electron chi connectivity index (χ0n) is 7.49. The molecule has 0 unspecified atom stereocenters. The van der Waals surface area contributed by atoms with E-state index in [1.165, 1.54) is 18.2 Å². The standard InChI is InChI=1S/C7H9NO5S2/c8-15(12,13)7-3-1-2-6(4-7)14(10,11)5-9/h1-4,9H,5H2,(H2,8,12,13). The molecule has 3 N–H and O–H groups in total. The Morgan fingerprint density at radius 3 is 2.13 bits per heavy atom. The van der Waals surface area contributed by atoms with Crippen molar-refractivity contribution in [3.8, 4) is 0 Å². The summed E-state index contributed by atoms with van der Waals surface area (Å²) >= 11 is 0. The van der Waals surface area contributed by atoms with Crippen molar-refractivity contribution >= 4 is 19.9 Å². The summed E-state index contributed by atoms with van der Waals surface area (Å²) in [5.41, 5.74) is 0. The summed E-state index contributed by atoms with van der Waals surface area (Å²) < 4.78 is 44.2. The molecule has 8 heteroatoms. The molecule has 0 aromatic heterocycles. The second-order valence-corrected chi connectivity index (χ2v) is 6.28. The fraction of sp³-hybridized carbons (Fsp3) is 0.143. The molecule has 0 aliphatic heterocycles. The fourth-order valence-corrected chi connectivity index (χ4v) is 2.29. The molecule has 0 amide bonds. The minimum Gasteiger partial charge on any atom is -0.380 e. The van der Waals surface area contributed by atoms with Crippen LogP contribution in [0.2, 0.25) is 0 Å². The molecular weight excluding hydrogens is 242 g/mol. The molecule has 1 aromatic rings. The average molecular weight is 251 g/mol. The molecule has 0 saturated carbocycles. The summed E-state index contributed by atoms with van der Waals surface area (Å²) in [6.45, 7) is 0. The quantitative estimate of drug-likeness (QED) is 0.719. The topological polar surface area (TPSA) is 115 Å². The van der Waals surface area contributed by atoms with Crippen LogP contribution in [0.1, 0.15) is 0 Å². The molecule has 0 heterocycles. The largest absolute Gasteiger partial charge is 0.380 e. The molecule has 0 radical (unpaired) electrons. The van der Waals surface area contributed by atoms with E-state index < -0.39 is 25.8 Å². The van der Waals surface area contributed by atoms with Crippen LogP contribution in [0.25, 0.3) is 0 Å². The highest BCUT2D eigenvalue weighted by molar-refractivity contribution is 7.91. The van der Waals surface area contributed by atoms with E-state index >= 15 is 0 Å². The number of hydrogen-bond acceptors (Lipinski definition) is 5. The molecular formula is C7H9NO5S2. The highest BCUT2D eigenvalue weighted by atomic mass is 32.2. The van der Waals surface area contributed by atoms with Gasteiger partial charge in [0, 0.05) is 0 Å². The normalized spacial score (nSPS) is 12.7. The van der Waals surface area contributed by atoms with Gasteiger partial charge >= 0.3 is 0 Å². The van der Waals surface area contributed by atoms with Crippen LogP contribution < -0.4 is 5.14 Å². The Morgan fingerprint density at radius 2 is 1.67 bits per heavy atom. The first-order chi connectivity index (χ1) is 6.77. The van der Waals surface area contributed by atoms with Crippen LogP contribution in [0.5, 0.6) is 0 Å². The summed E-state index contributed by atoms with van der Waals surface area (Å²) in [5, 5.41) is 13.4. The maximum Gasteiger partial charge on any atom is 0.238 e. The number of hydrogen-bond donors (Lipinski definition) is 2. The summed E-state index contributed by atoms with van der Waals surface area (Å²) in [4.78, 5) is -0.589. The average Bonchev–Trinajstić information content (AvgIpc) is 2.17. The van der Waals surface area contributed by atoms with Crippen LogP contribution >= 0.6 is 0 Å². The third-order valence-corrected chi connectivity index (χ3v) is 3.89. The van der Waals surface area contributed by atoms with Gasteiger partial charge in [0.15, 0.2) is 0 Å². The number of aliphatic hydroxyl groups is 1. The van der Waals surface area contributed by atoms with E-state index in [-0.39, 0.29) is 9.79 Å². The van der Waals surface area contributed by atoms with Gasteiger partial charge in [0.05, 0.1) is 9.79 Å². The van der Waals surface area contributed by atoms with Crippen LogP contribution in [0, 0.1) is 0 Å². The summed E-state index contributed by atoms with van der Waals surface area (Å²) in [6.07, 6.45) is 0. The van der Waals surface area contributed by atoms with Crippen LogP contribution in [-0.4, -0.2) is 27.9 Å².